The molecule has 3 aromatic rings. The topological polar surface area (TPSA) is 59.1 Å². The number of nitrogens with one attached hydrogen (secondary N) is 2. The highest BCUT2D eigenvalue weighted by molar-refractivity contribution is 5.66. The molecule has 128 valence electrons. The van der Waals surface area contributed by atoms with Crippen LogP contribution in [-0.2, 0) is 4.74 Å². The molecule has 0 spiro atoms. The van der Waals surface area contributed by atoms with Gasteiger partial charge >= 0.3 is 0 Å². The van der Waals surface area contributed by atoms with Gasteiger partial charge < -0.3 is 15.4 Å². The first-order valence-electron chi connectivity index (χ1n) is 8.34. The van der Waals surface area contributed by atoms with Crippen LogP contribution < -0.4 is 10.6 Å². The summed E-state index contributed by atoms with van der Waals surface area (Å²) in [5.41, 5.74) is 2.89. The molecule has 5 heteroatoms. The summed E-state index contributed by atoms with van der Waals surface area (Å²) in [6.45, 7) is 1.52. The molecule has 1 heterocycles. The monoisotopic (exact) mass is 334 g/mol. The highest BCUT2D eigenvalue weighted by atomic mass is 16.5. The fraction of sp³-hybridized carbons (Fsp3) is 0.200. The lowest BCUT2D eigenvalue weighted by molar-refractivity contribution is 0.198. The molecule has 0 saturated heterocycles. The van der Waals surface area contributed by atoms with E-state index in [1.807, 2.05) is 66.7 Å². The highest BCUT2D eigenvalue weighted by Crippen LogP contribution is 2.23. The quantitative estimate of drug-likeness (QED) is 0.600. The predicted octanol–water partition coefficient (Wildman–Crippen LogP) is 4.34. The second-order valence-electron chi connectivity index (χ2n) is 5.59. The maximum atomic E-state index is 5.09. The Morgan fingerprint density at radius 2 is 1.64 bits per heavy atom. The number of benzene rings is 2. The normalized spacial score (nSPS) is 10.4. The maximum absolute atomic E-state index is 5.09. The molecule has 0 aliphatic rings. The van der Waals surface area contributed by atoms with Crippen LogP contribution in [0.25, 0.3) is 11.3 Å². The molecule has 0 fully saturated rings. The van der Waals surface area contributed by atoms with Crippen molar-refractivity contribution < 1.29 is 4.74 Å². The Hall–Kier alpha value is -2.92. The lowest BCUT2D eigenvalue weighted by Gasteiger charge is -2.11. The summed E-state index contributed by atoms with van der Waals surface area (Å²) in [6.07, 6.45) is 0.919. The van der Waals surface area contributed by atoms with E-state index in [0.717, 1.165) is 42.3 Å². The predicted molar refractivity (Wildman–Crippen MR) is 102 cm³/mol. The van der Waals surface area contributed by atoms with E-state index in [1.165, 1.54) is 0 Å². The number of nitrogens with zero attached hydrogens (tertiary/aromatic N) is 2. The second kappa shape index (κ2) is 8.80. The van der Waals surface area contributed by atoms with Gasteiger partial charge in [-0.1, -0.05) is 48.5 Å². The third kappa shape index (κ3) is 5.02. The van der Waals surface area contributed by atoms with Crippen molar-refractivity contribution in [3.8, 4) is 11.3 Å². The van der Waals surface area contributed by atoms with E-state index in [9.17, 15) is 0 Å². The largest absolute Gasteiger partial charge is 0.385 e. The molecule has 0 radical (unpaired) electrons. The van der Waals surface area contributed by atoms with E-state index in [2.05, 4.69) is 20.6 Å². The molecule has 0 unspecified atom stereocenters. The molecule has 0 aliphatic heterocycles. The molecule has 1 aromatic heterocycles. The molecule has 5 nitrogen and oxygen atoms in total. The Morgan fingerprint density at radius 3 is 2.36 bits per heavy atom. The van der Waals surface area contributed by atoms with E-state index in [1.54, 1.807) is 7.11 Å². The Morgan fingerprint density at radius 1 is 0.920 bits per heavy atom. The zero-order chi connectivity index (χ0) is 17.3. The van der Waals surface area contributed by atoms with Gasteiger partial charge in [-0.3, -0.25) is 0 Å². The minimum atomic E-state index is 0.571. The van der Waals surface area contributed by atoms with Crippen molar-refractivity contribution in [3.63, 3.8) is 0 Å². The number of hydrogen-bond acceptors (Lipinski definition) is 5. The SMILES string of the molecule is COCCCNc1cc(-c2ccccc2)nc(Nc2ccccc2)n1. The molecule has 0 amide bonds. The number of methoxy groups -OCH3 is 1. The Kier molecular flexibility index (Phi) is 5.96. The number of ether oxygens (including phenoxy) is 1. The zero-order valence-corrected chi connectivity index (χ0v) is 14.3. The molecule has 3 rings (SSSR count). The maximum Gasteiger partial charge on any atom is 0.229 e. The third-order valence-corrected chi connectivity index (χ3v) is 3.66. The van der Waals surface area contributed by atoms with E-state index in [-0.39, 0.29) is 0 Å². The first-order valence-corrected chi connectivity index (χ1v) is 8.34. The summed E-state index contributed by atoms with van der Waals surface area (Å²) in [6, 6.07) is 22.0. The molecule has 0 bridgehead atoms. The second-order valence-corrected chi connectivity index (χ2v) is 5.59. The Bertz CT molecular complexity index is 778. The van der Waals surface area contributed by atoms with Crippen molar-refractivity contribution in [2.45, 2.75) is 6.42 Å². The Labute approximate surface area is 148 Å². The fourth-order valence-corrected chi connectivity index (χ4v) is 2.43. The molecular formula is C20H22N4O. The number of para-hydroxylation sites is 1. The van der Waals surface area contributed by atoms with E-state index in [4.69, 9.17) is 4.74 Å². The van der Waals surface area contributed by atoms with Crippen LogP contribution in [0, 0.1) is 0 Å². The van der Waals surface area contributed by atoms with E-state index < -0.39 is 0 Å². The van der Waals surface area contributed by atoms with Gasteiger partial charge in [0.15, 0.2) is 0 Å². The summed E-state index contributed by atoms with van der Waals surface area (Å²) >= 11 is 0. The summed E-state index contributed by atoms with van der Waals surface area (Å²) in [7, 11) is 1.71. The van der Waals surface area contributed by atoms with E-state index in [0.29, 0.717) is 5.95 Å². The molecule has 2 aromatic carbocycles. The van der Waals surface area contributed by atoms with Crippen LogP contribution in [-0.4, -0.2) is 30.2 Å². The number of rotatable bonds is 8. The van der Waals surface area contributed by atoms with Crippen LogP contribution in [0.15, 0.2) is 66.7 Å². The molecular weight excluding hydrogens is 312 g/mol. The third-order valence-electron chi connectivity index (χ3n) is 3.66. The van der Waals surface area contributed by atoms with Crippen molar-refractivity contribution in [3.05, 3.63) is 66.7 Å². The standard InChI is InChI=1S/C20H22N4O/c1-25-14-8-13-21-19-15-18(16-9-4-2-5-10-16)23-20(24-19)22-17-11-6-3-7-12-17/h2-7,9-12,15H,8,13-14H2,1H3,(H2,21,22,23,24). The van der Waals surface area contributed by atoms with Crippen LogP contribution >= 0.6 is 0 Å². The summed E-state index contributed by atoms with van der Waals surface area (Å²) in [4.78, 5) is 9.23. The van der Waals surface area contributed by atoms with Crippen LogP contribution in [0.3, 0.4) is 0 Å². The molecule has 2 N–H and O–H groups in total. The minimum Gasteiger partial charge on any atom is -0.385 e. The number of anilines is 3. The number of aromatic nitrogens is 2. The van der Waals surface area contributed by atoms with Gasteiger partial charge in [0.1, 0.15) is 5.82 Å². The summed E-state index contributed by atoms with van der Waals surface area (Å²) in [5.74, 6) is 1.37. The highest BCUT2D eigenvalue weighted by Gasteiger charge is 2.07. The van der Waals surface area contributed by atoms with Crippen LogP contribution in [0.1, 0.15) is 6.42 Å². The van der Waals surface area contributed by atoms with E-state index >= 15 is 0 Å². The van der Waals surface area contributed by atoms with Crippen LogP contribution in [0.2, 0.25) is 0 Å². The lowest BCUT2D eigenvalue weighted by atomic mass is 10.1. The van der Waals surface area contributed by atoms with Gasteiger partial charge in [0.25, 0.3) is 0 Å². The summed E-state index contributed by atoms with van der Waals surface area (Å²) in [5, 5.41) is 6.61. The van der Waals surface area contributed by atoms with Gasteiger partial charge in [0.2, 0.25) is 5.95 Å². The van der Waals surface area contributed by atoms with Gasteiger partial charge in [-0.05, 0) is 18.6 Å². The van der Waals surface area contributed by atoms with Crippen LogP contribution in [0.5, 0.6) is 0 Å². The average Bonchev–Trinajstić information content (AvgIpc) is 2.67. The first kappa shape index (κ1) is 16.9. The first-order chi connectivity index (χ1) is 12.3. The zero-order valence-electron chi connectivity index (χ0n) is 14.3. The number of hydrogen-bond donors (Lipinski definition) is 2. The summed E-state index contributed by atoms with van der Waals surface area (Å²) < 4.78 is 5.09. The van der Waals surface area contributed by atoms with Gasteiger partial charge in [-0.25, -0.2) is 4.98 Å². The van der Waals surface area contributed by atoms with Crippen molar-refractivity contribution >= 4 is 17.5 Å². The fourth-order valence-electron chi connectivity index (χ4n) is 2.43. The van der Waals surface area contributed by atoms with Crippen molar-refractivity contribution in [1.82, 2.24) is 9.97 Å². The molecule has 0 aliphatic carbocycles. The average molecular weight is 334 g/mol. The molecule has 0 saturated carbocycles. The minimum absolute atomic E-state index is 0.571. The van der Waals surface area contributed by atoms with Gasteiger partial charge in [0, 0.05) is 37.6 Å². The van der Waals surface area contributed by atoms with Crippen molar-refractivity contribution in [2.75, 3.05) is 30.9 Å². The molecule has 25 heavy (non-hydrogen) atoms. The van der Waals surface area contributed by atoms with Gasteiger partial charge in [-0.2, -0.15) is 4.98 Å². The smallest absolute Gasteiger partial charge is 0.229 e. The van der Waals surface area contributed by atoms with Gasteiger partial charge in [-0.15, -0.1) is 0 Å². The van der Waals surface area contributed by atoms with Crippen molar-refractivity contribution in [2.24, 2.45) is 0 Å². The van der Waals surface area contributed by atoms with Gasteiger partial charge in [0.05, 0.1) is 5.69 Å². The van der Waals surface area contributed by atoms with Crippen molar-refractivity contribution in [1.29, 1.82) is 0 Å². The lowest BCUT2D eigenvalue weighted by Crippen LogP contribution is -2.08. The molecule has 0 atom stereocenters. The Balaban J connectivity index is 1.85. The van der Waals surface area contributed by atoms with Crippen LogP contribution in [0.4, 0.5) is 17.5 Å².